The summed E-state index contributed by atoms with van der Waals surface area (Å²) in [5, 5.41) is 13.2. The number of rotatable bonds is 7. The first-order valence-corrected chi connectivity index (χ1v) is 6.71. The average Bonchev–Trinajstić information content (AvgIpc) is 2.96. The highest BCUT2D eigenvalue weighted by Gasteiger charge is 2.22. The molecular weight excluding hydrogens is 222 g/mol. The molecule has 0 atom stereocenters. The molecule has 1 heterocycles. The highest BCUT2D eigenvalue weighted by Crippen LogP contribution is 2.30. The van der Waals surface area contributed by atoms with Crippen LogP contribution in [0, 0.1) is 11.8 Å². The van der Waals surface area contributed by atoms with Crippen molar-refractivity contribution in [1.82, 2.24) is 15.5 Å². The zero-order valence-corrected chi connectivity index (χ0v) is 10.7. The Labute approximate surface area is 100 Å². The van der Waals surface area contributed by atoms with Gasteiger partial charge in [-0.05, 0) is 31.2 Å². The topological polar surface area (TPSA) is 47.0 Å². The van der Waals surface area contributed by atoms with Crippen molar-refractivity contribution in [2.24, 2.45) is 11.8 Å². The third kappa shape index (κ3) is 4.06. The van der Waals surface area contributed by atoms with Crippen molar-refractivity contribution in [2.75, 3.05) is 13.2 Å². The van der Waals surface area contributed by atoms with E-state index in [-0.39, 0.29) is 0 Å². The van der Waals surface area contributed by atoms with Gasteiger partial charge >= 0.3 is 0 Å². The van der Waals surface area contributed by atoms with Crippen LogP contribution in [0.2, 0.25) is 0 Å². The van der Waals surface area contributed by atoms with Crippen molar-refractivity contribution < 1.29 is 4.74 Å². The van der Waals surface area contributed by atoms with E-state index >= 15 is 0 Å². The zero-order valence-electron chi connectivity index (χ0n) is 9.90. The summed E-state index contributed by atoms with van der Waals surface area (Å²) < 4.78 is 5.56. The fourth-order valence-corrected chi connectivity index (χ4v) is 1.98. The average molecular weight is 241 g/mol. The van der Waals surface area contributed by atoms with Gasteiger partial charge in [0, 0.05) is 6.54 Å². The summed E-state index contributed by atoms with van der Waals surface area (Å²) in [6.07, 6.45) is 2.61. The van der Waals surface area contributed by atoms with Gasteiger partial charge in [-0.1, -0.05) is 25.2 Å². The van der Waals surface area contributed by atoms with E-state index in [1.807, 2.05) is 0 Å². The third-order valence-corrected chi connectivity index (χ3v) is 3.25. The van der Waals surface area contributed by atoms with Gasteiger partial charge in [0.05, 0.1) is 6.61 Å². The van der Waals surface area contributed by atoms with Crippen LogP contribution < -0.4 is 10.1 Å². The Kier molecular flexibility index (Phi) is 4.12. The minimum absolute atomic E-state index is 0.665. The van der Waals surface area contributed by atoms with Crippen molar-refractivity contribution in [3.05, 3.63) is 5.01 Å². The van der Waals surface area contributed by atoms with Gasteiger partial charge in [0.15, 0.2) is 0 Å². The van der Waals surface area contributed by atoms with Crippen molar-refractivity contribution in [3.63, 3.8) is 0 Å². The van der Waals surface area contributed by atoms with E-state index in [0.29, 0.717) is 11.1 Å². The molecule has 1 aliphatic rings. The molecule has 5 heteroatoms. The van der Waals surface area contributed by atoms with E-state index in [2.05, 4.69) is 29.4 Å². The lowest BCUT2D eigenvalue weighted by molar-refractivity contribution is 0.296. The highest BCUT2D eigenvalue weighted by molar-refractivity contribution is 7.13. The van der Waals surface area contributed by atoms with Crippen LogP contribution in [0.25, 0.3) is 0 Å². The van der Waals surface area contributed by atoms with Crippen LogP contribution in [-0.4, -0.2) is 23.3 Å². The molecular formula is C11H19N3OS. The Morgan fingerprint density at radius 2 is 2.25 bits per heavy atom. The smallest absolute Gasteiger partial charge is 0.294 e. The number of hydrogen-bond donors (Lipinski definition) is 1. The van der Waals surface area contributed by atoms with Crippen LogP contribution in [-0.2, 0) is 6.54 Å². The predicted molar refractivity (Wildman–Crippen MR) is 64.7 cm³/mol. The Bertz CT molecular complexity index is 323. The lowest BCUT2D eigenvalue weighted by Crippen LogP contribution is -2.18. The molecule has 1 N–H and O–H groups in total. The summed E-state index contributed by atoms with van der Waals surface area (Å²) in [5.41, 5.74) is 0. The highest BCUT2D eigenvalue weighted by atomic mass is 32.1. The maximum atomic E-state index is 5.56. The molecule has 0 bridgehead atoms. The molecule has 0 amide bonds. The van der Waals surface area contributed by atoms with Gasteiger partial charge in [-0.2, -0.15) is 0 Å². The molecule has 2 rings (SSSR count). The molecule has 1 aromatic heterocycles. The van der Waals surface area contributed by atoms with Crippen molar-refractivity contribution >= 4 is 11.3 Å². The Balaban J connectivity index is 1.68. The second-order valence-electron chi connectivity index (χ2n) is 4.74. The molecule has 1 aromatic rings. The SMILES string of the molecule is CC(C)CNCc1nnc(OCC2CC2)s1. The Hall–Kier alpha value is -0.680. The fourth-order valence-electron chi connectivity index (χ4n) is 1.31. The Morgan fingerprint density at radius 1 is 1.44 bits per heavy atom. The third-order valence-electron chi connectivity index (χ3n) is 2.42. The summed E-state index contributed by atoms with van der Waals surface area (Å²) in [7, 11) is 0. The van der Waals surface area contributed by atoms with E-state index in [1.54, 1.807) is 11.3 Å². The van der Waals surface area contributed by atoms with Crippen LogP contribution in [0.15, 0.2) is 0 Å². The lowest BCUT2D eigenvalue weighted by atomic mass is 10.2. The second kappa shape index (κ2) is 5.59. The number of hydrogen-bond acceptors (Lipinski definition) is 5. The van der Waals surface area contributed by atoms with Gasteiger partial charge in [0.1, 0.15) is 5.01 Å². The van der Waals surface area contributed by atoms with Gasteiger partial charge in [-0.3, -0.25) is 0 Å². The largest absolute Gasteiger partial charge is 0.469 e. The van der Waals surface area contributed by atoms with Crippen molar-refractivity contribution in [3.8, 4) is 5.19 Å². The molecule has 0 unspecified atom stereocenters. The second-order valence-corrected chi connectivity index (χ2v) is 5.77. The monoisotopic (exact) mass is 241 g/mol. The van der Waals surface area contributed by atoms with E-state index in [0.717, 1.165) is 30.6 Å². The van der Waals surface area contributed by atoms with E-state index in [4.69, 9.17) is 4.74 Å². The summed E-state index contributed by atoms with van der Waals surface area (Å²) in [5.74, 6) is 1.44. The lowest BCUT2D eigenvalue weighted by Gasteiger charge is -2.03. The Morgan fingerprint density at radius 3 is 2.94 bits per heavy atom. The van der Waals surface area contributed by atoms with Crippen LogP contribution in [0.3, 0.4) is 0 Å². The predicted octanol–water partition coefficient (Wildman–Crippen LogP) is 2.07. The first-order valence-electron chi connectivity index (χ1n) is 5.90. The standard InChI is InChI=1S/C11H19N3OS/c1-8(2)5-12-6-10-13-14-11(16-10)15-7-9-3-4-9/h8-9,12H,3-7H2,1-2H3. The fraction of sp³-hybridized carbons (Fsp3) is 0.818. The van der Waals surface area contributed by atoms with Gasteiger partial charge in [0.25, 0.3) is 5.19 Å². The van der Waals surface area contributed by atoms with Crippen LogP contribution in [0.5, 0.6) is 5.19 Å². The van der Waals surface area contributed by atoms with Gasteiger partial charge in [-0.15, -0.1) is 10.2 Å². The van der Waals surface area contributed by atoms with Crippen molar-refractivity contribution in [2.45, 2.75) is 33.2 Å². The first kappa shape index (κ1) is 11.8. The molecule has 1 aliphatic carbocycles. The van der Waals surface area contributed by atoms with E-state index < -0.39 is 0 Å². The number of ether oxygens (including phenoxy) is 1. The molecule has 0 aromatic carbocycles. The molecule has 0 radical (unpaired) electrons. The molecule has 1 fully saturated rings. The van der Waals surface area contributed by atoms with Crippen LogP contribution in [0.4, 0.5) is 0 Å². The summed E-state index contributed by atoms with van der Waals surface area (Å²) in [6, 6.07) is 0. The normalized spacial score (nSPS) is 15.7. The van der Waals surface area contributed by atoms with Crippen molar-refractivity contribution in [1.29, 1.82) is 0 Å². The molecule has 1 saturated carbocycles. The van der Waals surface area contributed by atoms with Gasteiger partial charge < -0.3 is 10.1 Å². The summed E-state index contributed by atoms with van der Waals surface area (Å²) in [6.45, 7) is 7.00. The molecule has 16 heavy (non-hydrogen) atoms. The maximum Gasteiger partial charge on any atom is 0.294 e. The molecule has 0 saturated heterocycles. The molecule has 90 valence electrons. The molecule has 4 nitrogen and oxygen atoms in total. The first-order chi connectivity index (χ1) is 7.74. The van der Waals surface area contributed by atoms with E-state index in [1.165, 1.54) is 12.8 Å². The number of nitrogens with one attached hydrogen (secondary N) is 1. The summed E-state index contributed by atoms with van der Waals surface area (Å²) in [4.78, 5) is 0. The van der Waals surface area contributed by atoms with Gasteiger partial charge in [0.2, 0.25) is 0 Å². The van der Waals surface area contributed by atoms with Gasteiger partial charge in [-0.25, -0.2) is 0 Å². The molecule has 0 aliphatic heterocycles. The number of nitrogens with zero attached hydrogens (tertiary/aromatic N) is 2. The molecule has 0 spiro atoms. The van der Waals surface area contributed by atoms with E-state index in [9.17, 15) is 0 Å². The number of aromatic nitrogens is 2. The maximum absolute atomic E-state index is 5.56. The zero-order chi connectivity index (χ0) is 11.4. The minimum atomic E-state index is 0.665. The summed E-state index contributed by atoms with van der Waals surface area (Å²) >= 11 is 1.55. The van der Waals surface area contributed by atoms with Crippen LogP contribution in [0.1, 0.15) is 31.7 Å². The van der Waals surface area contributed by atoms with Crippen LogP contribution >= 0.6 is 11.3 Å². The quantitative estimate of drug-likeness (QED) is 0.794. The minimum Gasteiger partial charge on any atom is -0.469 e.